The molecule has 1 aliphatic rings. The first kappa shape index (κ1) is 21.8. The highest BCUT2D eigenvalue weighted by Crippen LogP contribution is 2.36. The molecule has 1 atom stereocenters. The highest BCUT2D eigenvalue weighted by molar-refractivity contribution is 5.42. The fraction of sp³-hybridized carbons (Fsp3) is 0.652. The maximum Gasteiger partial charge on any atom is 0.143 e. The van der Waals surface area contributed by atoms with Gasteiger partial charge in [0, 0.05) is 6.42 Å². The Hall–Kier alpha value is -1.52. The van der Waals surface area contributed by atoms with Crippen molar-refractivity contribution in [1.29, 1.82) is 0 Å². The Balaban J connectivity index is 1.77. The molecular weight excluding hydrogens is 340 g/mol. The van der Waals surface area contributed by atoms with Crippen molar-refractivity contribution in [3.8, 4) is 11.5 Å². The minimum atomic E-state index is -0.234. The van der Waals surface area contributed by atoms with Gasteiger partial charge in [0.15, 0.2) is 0 Å². The van der Waals surface area contributed by atoms with Gasteiger partial charge in [0.05, 0.1) is 13.2 Å². The minimum absolute atomic E-state index is 0.208. The third-order valence-electron chi connectivity index (χ3n) is 5.00. The van der Waals surface area contributed by atoms with Gasteiger partial charge < -0.3 is 19.3 Å². The summed E-state index contributed by atoms with van der Waals surface area (Å²) in [6, 6.07) is 6.07. The molecule has 1 N–H and O–H groups in total. The van der Waals surface area contributed by atoms with Crippen LogP contribution < -0.4 is 9.47 Å². The van der Waals surface area contributed by atoms with Gasteiger partial charge in [-0.05, 0) is 62.4 Å². The van der Waals surface area contributed by atoms with Gasteiger partial charge in [-0.25, -0.2) is 0 Å². The zero-order valence-electron chi connectivity index (χ0n) is 17.0. The monoisotopic (exact) mass is 376 g/mol. The smallest absolute Gasteiger partial charge is 0.143 e. The fourth-order valence-electron chi connectivity index (χ4n) is 3.36. The van der Waals surface area contributed by atoms with Crippen molar-refractivity contribution in [2.45, 2.75) is 77.2 Å². The van der Waals surface area contributed by atoms with Crippen LogP contribution in [-0.2, 0) is 11.2 Å². The third-order valence-corrected chi connectivity index (χ3v) is 5.00. The second kappa shape index (κ2) is 12.0. The van der Waals surface area contributed by atoms with Gasteiger partial charge in [0.25, 0.3) is 0 Å². The van der Waals surface area contributed by atoms with Crippen LogP contribution in [-0.4, -0.2) is 30.7 Å². The summed E-state index contributed by atoms with van der Waals surface area (Å²) in [6.07, 6.45) is 15.0. The van der Waals surface area contributed by atoms with Crippen LogP contribution in [0, 0.1) is 0 Å². The summed E-state index contributed by atoms with van der Waals surface area (Å²) in [5, 5.41) is 8.59. The molecule has 0 spiro atoms. The Morgan fingerprint density at radius 2 is 2.00 bits per heavy atom. The summed E-state index contributed by atoms with van der Waals surface area (Å²) in [6.45, 7) is 5.28. The molecule has 1 unspecified atom stereocenters. The van der Waals surface area contributed by atoms with Gasteiger partial charge in [-0.2, -0.15) is 0 Å². The molecule has 4 nitrogen and oxygen atoms in total. The number of unbranched alkanes of at least 4 members (excludes halogenated alkanes) is 5. The maximum absolute atomic E-state index is 8.59. The molecule has 0 saturated carbocycles. The molecule has 4 heteroatoms. The Morgan fingerprint density at radius 1 is 1.15 bits per heavy atom. The van der Waals surface area contributed by atoms with E-state index < -0.39 is 0 Å². The Kier molecular flexibility index (Phi) is 9.71. The highest BCUT2D eigenvalue weighted by atomic mass is 16.6. The summed E-state index contributed by atoms with van der Waals surface area (Å²) in [5.41, 5.74) is 1.00. The normalized spacial score (nSPS) is 19.1. The molecule has 27 heavy (non-hydrogen) atoms. The number of hydrogen-bond donors (Lipinski definition) is 1. The van der Waals surface area contributed by atoms with Crippen LogP contribution >= 0.6 is 0 Å². The molecule has 0 fully saturated rings. The molecule has 1 aromatic rings. The van der Waals surface area contributed by atoms with Gasteiger partial charge in [0.2, 0.25) is 0 Å². The summed E-state index contributed by atoms with van der Waals surface area (Å²) in [4.78, 5) is 0. The summed E-state index contributed by atoms with van der Waals surface area (Å²) < 4.78 is 16.9. The van der Waals surface area contributed by atoms with Crippen molar-refractivity contribution in [2.75, 3.05) is 20.0 Å². The van der Waals surface area contributed by atoms with Crippen LogP contribution in [0.5, 0.6) is 11.5 Å². The lowest BCUT2D eigenvalue weighted by molar-refractivity contribution is -0.00531. The van der Waals surface area contributed by atoms with E-state index in [9.17, 15) is 0 Å². The molecule has 0 aromatic heterocycles. The molecule has 1 heterocycles. The molecule has 0 amide bonds. The number of aryl methyl sites for hydroxylation is 1. The topological polar surface area (TPSA) is 47.9 Å². The van der Waals surface area contributed by atoms with E-state index in [-0.39, 0.29) is 12.4 Å². The van der Waals surface area contributed by atoms with Crippen LogP contribution in [0.3, 0.4) is 0 Å². The van der Waals surface area contributed by atoms with Crippen LogP contribution in [0.4, 0.5) is 0 Å². The van der Waals surface area contributed by atoms with E-state index in [0.717, 1.165) is 37.2 Å². The molecule has 2 rings (SSSR count). The highest BCUT2D eigenvalue weighted by Gasteiger charge is 2.29. The first-order valence-corrected chi connectivity index (χ1v) is 10.5. The van der Waals surface area contributed by atoms with Gasteiger partial charge in [0.1, 0.15) is 23.9 Å². The van der Waals surface area contributed by atoms with Crippen molar-refractivity contribution in [3.63, 3.8) is 0 Å². The van der Waals surface area contributed by atoms with Gasteiger partial charge in [-0.1, -0.05) is 38.7 Å². The van der Waals surface area contributed by atoms with Crippen LogP contribution in [0.15, 0.2) is 30.4 Å². The number of hydrogen-bond acceptors (Lipinski definition) is 4. The molecule has 0 saturated heterocycles. The Morgan fingerprint density at radius 3 is 2.81 bits per heavy atom. The predicted octanol–water partition coefficient (Wildman–Crippen LogP) is 5.42. The fourth-order valence-corrected chi connectivity index (χ4v) is 3.36. The SMILES string of the molecule is CCCCCCCC=CC1(C)CCc2cc(OCCCOCO)ccc2O1. The van der Waals surface area contributed by atoms with Gasteiger partial charge in [-0.15, -0.1) is 0 Å². The lowest BCUT2D eigenvalue weighted by Crippen LogP contribution is -2.34. The number of fused-ring (bicyclic) bond motifs is 1. The van der Waals surface area contributed by atoms with E-state index in [0.29, 0.717) is 13.2 Å². The first-order valence-electron chi connectivity index (χ1n) is 10.5. The predicted molar refractivity (Wildman–Crippen MR) is 109 cm³/mol. The largest absolute Gasteiger partial charge is 0.493 e. The van der Waals surface area contributed by atoms with E-state index in [4.69, 9.17) is 19.3 Å². The number of rotatable bonds is 13. The first-order chi connectivity index (χ1) is 13.2. The lowest BCUT2D eigenvalue weighted by Gasteiger charge is -2.33. The van der Waals surface area contributed by atoms with E-state index in [1.807, 2.05) is 12.1 Å². The van der Waals surface area contributed by atoms with Crippen molar-refractivity contribution in [2.24, 2.45) is 0 Å². The van der Waals surface area contributed by atoms with Crippen LogP contribution in [0.2, 0.25) is 0 Å². The second-order valence-electron chi connectivity index (χ2n) is 7.53. The molecule has 1 aliphatic heterocycles. The van der Waals surface area contributed by atoms with Crippen molar-refractivity contribution >= 4 is 0 Å². The van der Waals surface area contributed by atoms with Crippen LogP contribution in [0.25, 0.3) is 0 Å². The zero-order valence-corrected chi connectivity index (χ0v) is 17.0. The standard InChI is InChI=1S/C23H36O4/c1-3-4-5-6-7-8-9-14-23(2)15-13-20-18-21(11-12-22(20)27-23)26-17-10-16-25-19-24/h9,11-12,14,18,24H,3-8,10,13,15-17,19H2,1-2H3. The Bertz CT molecular complexity index is 569. The van der Waals surface area contributed by atoms with E-state index in [1.54, 1.807) is 0 Å². The molecule has 0 aliphatic carbocycles. The summed E-state index contributed by atoms with van der Waals surface area (Å²) in [7, 11) is 0. The quantitative estimate of drug-likeness (QED) is 0.284. The van der Waals surface area contributed by atoms with Crippen molar-refractivity contribution in [3.05, 3.63) is 35.9 Å². The molecule has 152 valence electrons. The molecule has 0 bridgehead atoms. The molecule has 0 radical (unpaired) electrons. The second-order valence-corrected chi connectivity index (χ2v) is 7.53. The Labute approximate surface area is 164 Å². The number of aliphatic hydroxyl groups excluding tert-OH is 1. The number of allylic oxidation sites excluding steroid dienone is 1. The van der Waals surface area contributed by atoms with Gasteiger partial charge in [-0.3, -0.25) is 0 Å². The molecule has 1 aromatic carbocycles. The van der Waals surface area contributed by atoms with E-state index in [1.165, 1.54) is 37.7 Å². The van der Waals surface area contributed by atoms with Crippen LogP contribution in [0.1, 0.15) is 70.8 Å². The minimum Gasteiger partial charge on any atom is -0.493 e. The summed E-state index contributed by atoms with van der Waals surface area (Å²) >= 11 is 0. The third kappa shape index (κ3) is 7.94. The molecular formula is C23H36O4. The van der Waals surface area contributed by atoms with Crippen molar-refractivity contribution < 1.29 is 19.3 Å². The average Bonchev–Trinajstić information content (AvgIpc) is 2.67. The maximum atomic E-state index is 8.59. The summed E-state index contributed by atoms with van der Waals surface area (Å²) in [5.74, 6) is 1.83. The van der Waals surface area contributed by atoms with Gasteiger partial charge >= 0.3 is 0 Å². The number of benzene rings is 1. The number of aliphatic hydroxyl groups is 1. The van der Waals surface area contributed by atoms with E-state index in [2.05, 4.69) is 32.1 Å². The zero-order chi connectivity index (χ0) is 19.4. The number of ether oxygens (including phenoxy) is 3. The average molecular weight is 377 g/mol. The van der Waals surface area contributed by atoms with Crippen molar-refractivity contribution in [1.82, 2.24) is 0 Å². The van der Waals surface area contributed by atoms with E-state index >= 15 is 0 Å². The lowest BCUT2D eigenvalue weighted by atomic mass is 9.91.